The van der Waals surface area contributed by atoms with Crippen molar-refractivity contribution in [2.24, 2.45) is 0 Å². The van der Waals surface area contributed by atoms with Crippen LogP contribution in [0.3, 0.4) is 0 Å². The molecule has 0 radical (unpaired) electrons. The summed E-state index contributed by atoms with van der Waals surface area (Å²) in [6, 6.07) is 16.4. The number of benzene rings is 2. The van der Waals surface area contributed by atoms with Gasteiger partial charge in [-0.15, -0.1) is 0 Å². The van der Waals surface area contributed by atoms with Crippen LogP contribution in [-0.4, -0.2) is 60.1 Å². The number of anilines is 1. The molecule has 0 fully saturated rings. The number of carboxylic acids is 1. The Hall–Kier alpha value is -3.85. The highest BCUT2D eigenvalue weighted by Gasteiger charge is 2.29. The largest absolute Gasteiger partial charge is 0.489 e. The number of rotatable bonds is 8. The van der Waals surface area contributed by atoms with Crippen LogP contribution in [-0.2, 0) is 17.8 Å². The molecule has 2 heterocycles. The van der Waals surface area contributed by atoms with Gasteiger partial charge in [0.25, 0.3) is 0 Å². The van der Waals surface area contributed by atoms with E-state index in [1.807, 2.05) is 54.6 Å². The number of nitrogens with zero attached hydrogens (tertiary/aromatic N) is 3. The maximum absolute atomic E-state index is 12.9. The molecule has 1 aliphatic rings. The smallest absolute Gasteiger partial charge is 0.356 e. The predicted molar refractivity (Wildman–Crippen MR) is 122 cm³/mol. The second kappa shape index (κ2) is 9.74. The van der Waals surface area contributed by atoms with Gasteiger partial charge in [-0.3, -0.25) is 4.79 Å². The zero-order valence-electron chi connectivity index (χ0n) is 18.5. The van der Waals surface area contributed by atoms with Gasteiger partial charge in [-0.2, -0.15) is 5.10 Å². The number of aromatic carboxylic acids is 1. The zero-order valence-corrected chi connectivity index (χ0v) is 18.5. The first-order valence-electron chi connectivity index (χ1n) is 10.6. The summed E-state index contributed by atoms with van der Waals surface area (Å²) in [4.78, 5) is 26.3. The van der Waals surface area contributed by atoms with Crippen molar-refractivity contribution in [2.75, 3.05) is 32.2 Å². The minimum absolute atomic E-state index is 0.0578. The van der Waals surface area contributed by atoms with Crippen LogP contribution in [0, 0.1) is 0 Å². The van der Waals surface area contributed by atoms with E-state index in [9.17, 15) is 14.7 Å². The maximum Gasteiger partial charge on any atom is 0.356 e. The number of fused-ring (bicyclic) bond motifs is 1. The Morgan fingerprint density at radius 2 is 1.94 bits per heavy atom. The Bertz CT molecular complexity index is 1150. The Balaban J connectivity index is 1.49. The quantitative estimate of drug-likeness (QED) is 0.542. The summed E-state index contributed by atoms with van der Waals surface area (Å²) in [6.45, 7) is 0.906. The molecule has 9 heteroatoms. The molecule has 4 rings (SSSR count). The Morgan fingerprint density at radius 3 is 2.67 bits per heavy atom. The normalized spacial score (nSPS) is 15.5. The van der Waals surface area contributed by atoms with Crippen LogP contribution in [0.5, 0.6) is 11.6 Å². The molecule has 9 nitrogen and oxygen atoms in total. The maximum atomic E-state index is 12.9. The second-order valence-corrected chi connectivity index (χ2v) is 7.72. The lowest BCUT2D eigenvalue weighted by Crippen LogP contribution is -2.47. The summed E-state index contributed by atoms with van der Waals surface area (Å²) in [5, 5.41) is 17.2. The average Bonchev–Trinajstić information content (AvgIpc) is 3.12. The number of aromatic nitrogens is 2. The van der Waals surface area contributed by atoms with Crippen molar-refractivity contribution >= 4 is 17.6 Å². The van der Waals surface area contributed by atoms with E-state index in [1.54, 1.807) is 16.6 Å². The van der Waals surface area contributed by atoms with Gasteiger partial charge in [-0.05, 0) is 24.1 Å². The summed E-state index contributed by atoms with van der Waals surface area (Å²) in [6.07, 6.45) is 0.319. The average molecular weight is 450 g/mol. The number of carbonyl (C=O) groups is 2. The van der Waals surface area contributed by atoms with Crippen molar-refractivity contribution in [2.45, 2.75) is 19.0 Å². The molecule has 1 aromatic heterocycles. The summed E-state index contributed by atoms with van der Waals surface area (Å²) < 4.78 is 12.9. The zero-order chi connectivity index (χ0) is 23.4. The van der Waals surface area contributed by atoms with Gasteiger partial charge in [0.1, 0.15) is 18.4 Å². The molecule has 0 saturated carbocycles. The van der Waals surface area contributed by atoms with Gasteiger partial charge in [-0.25, -0.2) is 9.48 Å². The lowest BCUT2D eigenvalue weighted by atomic mass is 10.1. The number of carboxylic acid groups (broad SMARTS) is 1. The first kappa shape index (κ1) is 22.3. The highest BCUT2D eigenvalue weighted by atomic mass is 16.5. The Kier molecular flexibility index (Phi) is 6.60. The molecule has 1 aliphatic heterocycles. The predicted octanol–water partition coefficient (Wildman–Crippen LogP) is 2.19. The SMILES string of the molecule is COc1c(CCNC2COc3ccccc3N(C)C2=O)c(C(=O)O)nn1Cc1ccccc1. The van der Waals surface area contributed by atoms with Gasteiger partial charge in [0, 0.05) is 13.6 Å². The third-order valence-electron chi connectivity index (χ3n) is 5.60. The molecule has 2 aromatic carbocycles. The number of hydrogen-bond acceptors (Lipinski definition) is 6. The third kappa shape index (κ3) is 4.68. The van der Waals surface area contributed by atoms with Crippen LogP contribution in [0.15, 0.2) is 54.6 Å². The molecular formula is C24H26N4O5. The first-order chi connectivity index (χ1) is 16.0. The molecule has 0 aliphatic carbocycles. The summed E-state index contributed by atoms with van der Waals surface area (Å²) >= 11 is 0. The first-order valence-corrected chi connectivity index (χ1v) is 10.6. The lowest BCUT2D eigenvalue weighted by Gasteiger charge is -2.20. The van der Waals surface area contributed by atoms with Crippen molar-refractivity contribution in [3.8, 4) is 11.6 Å². The van der Waals surface area contributed by atoms with E-state index in [4.69, 9.17) is 9.47 Å². The van der Waals surface area contributed by atoms with Crippen molar-refractivity contribution < 1.29 is 24.2 Å². The molecule has 3 aromatic rings. The highest BCUT2D eigenvalue weighted by molar-refractivity contribution is 5.98. The molecule has 1 amide bonds. The number of amides is 1. The van der Waals surface area contributed by atoms with Gasteiger partial charge in [-0.1, -0.05) is 42.5 Å². The van der Waals surface area contributed by atoms with Crippen LogP contribution in [0.1, 0.15) is 21.6 Å². The number of methoxy groups -OCH3 is 1. The van der Waals surface area contributed by atoms with E-state index in [1.165, 1.54) is 7.11 Å². The van der Waals surface area contributed by atoms with Crippen LogP contribution >= 0.6 is 0 Å². The van der Waals surface area contributed by atoms with Crippen LogP contribution in [0.4, 0.5) is 5.69 Å². The third-order valence-corrected chi connectivity index (χ3v) is 5.60. The molecule has 33 heavy (non-hydrogen) atoms. The number of para-hydroxylation sites is 2. The van der Waals surface area contributed by atoms with E-state index >= 15 is 0 Å². The van der Waals surface area contributed by atoms with Crippen molar-refractivity contribution in [3.63, 3.8) is 0 Å². The van der Waals surface area contributed by atoms with E-state index < -0.39 is 12.0 Å². The molecular weight excluding hydrogens is 424 g/mol. The van der Waals surface area contributed by atoms with Gasteiger partial charge < -0.3 is 24.8 Å². The summed E-state index contributed by atoms with van der Waals surface area (Å²) in [7, 11) is 3.21. The van der Waals surface area contributed by atoms with Crippen molar-refractivity contribution in [1.29, 1.82) is 0 Å². The fourth-order valence-electron chi connectivity index (χ4n) is 3.94. The molecule has 1 atom stereocenters. The molecule has 0 spiro atoms. The minimum Gasteiger partial charge on any atom is -0.489 e. The topological polar surface area (TPSA) is 106 Å². The summed E-state index contributed by atoms with van der Waals surface area (Å²) in [5.74, 6) is -0.204. The van der Waals surface area contributed by atoms with Crippen LogP contribution < -0.4 is 19.7 Å². The number of likely N-dealkylation sites (N-methyl/N-ethyl adjacent to an activating group) is 1. The lowest BCUT2D eigenvalue weighted by molar-refractivity contribution is -0.120. The van der Waals surface area contributed by atoms with Gasteiger partial charge in [0.2, 0.25) is 11.8 Å². The Labute approximate surface area is 191 Å². The van der Waals surface area contributed by atoms with Crippen LogP contribution in [0.2, 0.25) is 0 Å². The molecule has 172 valence electrons. The van der Waals surface area contributed by atoms with E-state index in [2.05, 4.69) is 10.4 Å². The molecule has 0 bridgehead atoms. The fourth-order valence-corrected chi connectivity index (χ4v) is 3.94. The van der Waals surface area contributed by atoms with E-state index in [-0.39, 0.29) is 18.2 Å². The van der Waals surface area contributed by atoms with E-state index in [0.717, 1.165) is 5.56 Å². The second-order valence-electron chi connectivity index (χ2n) is 7.72. The molecule has 0 saturated heterocycles. The highest BCUT2D eigenvalue weighted by Crippen LogP contribution is 2.30. The minimum atomic E-state index is -1.13. The monoisotopic (exact) mass is 450 g/mol. The Morgan fingerprint density at radius 1 is 1.21 bits per heavy atom. The summed E-state index contributed by atoms with van der Waals surface area (Å²) in [5.41, 5.74) is 2.11. The fraction of sp³-hybridized carbons (Fsp3) is 0.292. The number of hydrogen-bond donors (Lipinski definition) is 2. The number of carbonyl (C=O) groups excluding carboxylic acids is 1. The number of ether oxygens (including phenoxy) is 2. The van der Waals surface area contributed by atoms with Crippen LogP contribution in [0.25, 0.3) is 0 Å². The van der Waals surface area contributed by atoms with E-state index in [0.29, 0.717) is 42.4 Å². The van der Waals surface area contributed by atoms with Crippen molar-refractivity contribution in [1.82, 2.24) is 15.1 Å². The van der Waals surface area contributed by atoms with Gasteiger partial charge >= 0.3 is 5.97 Å². The van der Waals surface area contributed by atoms with Gasteiger partial charge in [0.15, 0.2) is 5.69 Å². The molecule has 2 N–H and O–H groups in total. The molecule has 1 unspecified atom stereocenters. The standard InChI is InChI=1S/C24H26N4O5/c1-27-19-10-6-7-11-20(19)33-15-18(22(27)29)25-13-12-17-21(24(30)31)26-28(23(17)32-2)14-16-8-4-3-5-9-16/h3-11,18,25H,12-15H2,1-2H3,(H,30,31). The number of nitrogens with one attached hydrogen (secondary N) is 1. The van der Waals surface area contributed by atoms with Gasteiger partial charge in [0.05, 0.1) is 24.9 Å². The van der Waals surface area contributed by atoms with Crippen molar-refractivity contribution in [3.05, 3.63) is 71.4 Å².